The van der Waals surface area contributed by atoms with Crippen LogP contribution in [0.2, 0.25) is 5.02 Å². The Morgan fingerprint density at radius 2 is 2.13 bits per heavy atom. The van der Waals surface area contributed by atoms with Crippen molar-refractivity contribution in [1.29, 1.82) is 0 Å². The van der Waals surface area contributed by atoms with Crippen LogP contribution >= 0.6 is 23.2 Å². The van der Waals surface area contributed by atoms with Gasteiger partial charge in [0.05, 0.1) is 5.02 Å². The lowest BCUT2D eigenvalue weighted by atomic mass is 9.93. The van der Waals surface area contributed by atoms with Crippen molar-refractivity contribution in [2.75, 3.05) is 0 Å². The van der Waals surface area contributed by atoms with Gasteiger partial charge in [-0.25, -0.2) is 4.39 Å². The molecule has 0 heterocycles. The minimum absolute atomic E-state index is 0.122. The Bertz CT molecular complexity index is 370. The van der Waals surface area contributed by atoms with Gasteiger partial charge in [0.2, 0.25) is 0 Å². The second-order valence-electron chi connectivity index (χ2n) is 4.37. The Balaban J connectivity index is 2.22. The summed E-state index contributed by atoms with van der Waals surface area (Å²) in [5, 5.41) is 0.373. The number of benzene rings is 1. The van der Waals surface area contributed by atoms with Gasteiger partial charge in [0.25, 0.3) is 0 Å². The van der Waals surface area contributed by atoms with Gasteiger partial charge < -0.3 is 0 Å². The average Bonchev–Trinajstić information content (AvgIpc) is 2.94. The standard InChI is InChI=1S/C12H13Cl2F/c1-8(13)12(5-6-12)7-9-3-2-4-10(15)11(9)14/h2-4,8H,5-7H2,1H3. The van der Waals surface area contributed by atoms with Gasteiger partial charge in [-0.2, -0.15) is 0 Å². The van der Waals surface area contributed by atoms with Crippen molar-refractivity contribution in [3.05, 3.63) is 34.6 Å². The smallest absolute Gasteiger partial charge is 0.142 e. The van der Waals surface area contributed by atoms with E-state index in [1.165, 1.54) is 6.07 Å². The van der Waals surface area contributed by atoms with E-state index >= 15 is 0 Å². The van der Waals surface area contributed by atoms with Crippen molar-refractivity contribution in [3.63, 3.8) is 0 Å². The number of hydrogen-bond acceptors (Lipinski definition) is 0. The van der Waals surface area contributed by atoms with Gasteiger partial charge in [0.15, 0.2) is 0 Å². The van der Waals surface area contributed by atoms with E-state index in [4.69, 9.17) is 23.2 Å². The first-order valence-electron chi connectivity index (χ1n) is 5.12. The first-order valence-corrected chi connectivity index (χ1v) is 5.93. The van der Waals surface area contributed by atoms with Crippen LogP contribution < -0.4 is 0 Å². The zero-order chi connectivity index (χ0) is 11.1. The molecule has 0 bridgehead atoms. The minimum atomic E-state index is -0.341. The van der Waals surface area contributed by atoms with Crippen molar-refractivity contribution in [2.45, 2.75) is 31.6 Å². The molecule has 1 aliphatic carbocycles. The lowest BCUT2D eigenvalue weighted by Gasteiger charge is -2.18. The van der Waals surface area contributed by atoms with Crippen LogP contribution in [0.15, 0.2) is 18.2 Å². The molecule has 3 heteroatoms. The van der Waals surface area contributed by atoms with Crippen molar-refractivity contribution in [3.8, 4) is 0 Å². The monoisotopic (exact) mass is 246 g/mol. The number of hydrogen-bond donors (Lipinski definition) is 0. The zero-order valence-electron chi connectivity index (χ0n) is 8.56. The summed E-state index contributed by atoms with van der Waals surface area (Å²) in [5.41, 5.74) is 1.03. The molecule has 0 nitrogen and oxygen atoms in total. The molecule has 2 rings (SSSR count). The normalized spacial score (nSPS) is 20.0. The molecule has 1 aromatic rings. The molecule has 0 aromatic heterocycles. The highest BCUT2D eigenvalue weighted by molar-refractivity contribution is 6.31. The Labute approximate surface area is 99.4 Å². The van der Waals surface area contributed by atoms with Gasteiger partial charge >= 0.3 is 0 Å². The zero-order valence-corrected chi connectivity index (χ0v) is 10.1. The Kier molecular flexibility index (Phi) is 2.96. The Morgan fingerprint density at radius 3 is 2.67 bits per heavy atom. The van der Waals surface area contributed by atoms with E-state index in [-0.39, 0.29) is 21.6 Å². The van der Waals surface area contributed by atoms with Crippen LogP contribution in [0.5, 0.6) is 0 Å². The maximum Gasteiger partial charge on any atom is 0.142 e. The number of alkyl halides is 1. The number of rotatable bonds is 3. The predicted octanol–water partition coefficient (Wildman–Crippen LogP) is 4.43. The van der Waals surface area contributed by atoms with E-state index in [0.29, 0.717) is 0 Å². The molecular formula is C12H13Cl2F. The molecule has 0 amide bonds. The quantitative estimate of drug-likeness (QED) is 0.693. The molecule has 1 fully saturated rings. The highest BCUT2D eigenvalue weighted by atomic mass is 35.5. The van der Waals surface area contributed by atoms with Crippen molar-refractivity contribution >= 4 is 23.2 Å². The molecule has 1 unspecified atom stereocenters. The fraction of sp³-hybridized carbons (Fsp3) is 0.500. The van der Waals surface area contributed by atoms with E-state index in [1.54, 1.807) is 6.07 Å². The van der Waals surface area contributed by atoms with Crippen molar-refractivity contribution < 1.29 is 4.39 Å². The maximum atomic E-state index is 13.2. The minimum Gasteiger partial charge on any atom is -0.205 e. The first-order chi connectivity index (χ1) is 7.05. The van der Waals surface area contributed by atoms with Crippen LogP contribution in [0.4, 0.5) is 4.39 Å². The summed E-state index contributed by atoms with van der Waals surface area (Å²) in [6.45, 7) is 2.00. The highest BCUT2D eigenvalue weighted by Crippen LogP contribution is 2.53. The molecule has 1 saturated carbocycles. The van der Waals surface area contributed by atoms with Crippen molar-refractivity contribution in [1.82, 2.24) is 0 Å². The molecule has 1 atom stereocenters. The fourth-order valence-corrected chi connectivity index (χ4v) is 2.43. The van der Waals surface area contributed by atoms with Crippen LogP contribution in [0.25, 0.3) is 0 Å². The predicted molar refractivity (Wildman–Crippen MR) is 62.1 cm³/mol. The molecule has 0 spiro atoms. The Morgan fingerprint density at radius 1 is 1.47 bits per heavy atom. The van der Waals surface area contributed by atoms with E-state index in [9.17, 15) is 4.39 Å². The van der Waals surface area contributed by atoms with Crippen LogP contribution in [0, 0.1) is 11.2 Å². The molecule has 1 aliphatic rings. The molecule has 0 radical (unpaired) electrons. The summed E-state index contributed by atoms with van der Waals surface area (Å²) in [6, 6.07) is 4.96. The van der Waals surface area contributed by atoms with Gasteiger partial charge in [0, 0.05) is 5.38 Å². The largest absolute Gasteiger partial charge is 0.205 e. The maximum absolute atomic E-state index is 13.2. The summed E-state index contributed by atoms with van der Waals surface area (Å²) in [7, 11) is 0. The third-order valence-electron chi connectivity index (χ3n) is 3.31. The summed E-state index contributed by atoms with van der Waals surface area (Å²) < 4.78 is 13.2. The lowest BCUT2D eigenvalue weighted by molar-refractivity contribution is 0.494. The van der Waals surface area contributed by atoms with E-state index in [0.717, 1.165) is 24.8 Å². The molecule has 82 valence electrons. The third kappa shape index (κ3) is 2.14. The average molecular weight is 247 g/mol. The molecular weight excluding hydrogens is 234 g/mol. The van der Waals surface area contributed by atoms with E-state index in [2.05, 4.69) is 0 Å². The van der Waals surface area contributed by atoms with E-state index in [1.807, 2.05) is 13.0 Å². The van der Waals surface area contributed by atoms with Crippen LogP contribution in [-0.4, -0.2) is 5.38 Å². The van der Waals surface area contributed by atoms with Gasteiger partial charge in [-0.1, -0.05) is 23.7 Å². The summed E-state index contributed by atoms with van der Waals surface area (Å²) in [6.07, 6.45) is 3.02. The summed E-state index contributed by atoms with van der Waals surface area (Å²) >= 11 is 12.1. The topological polar surface area (TPSA) is 0 Å². The van der Waals surface area contributed by atoms with Crippen LogP contribution in [0.3, 0.4) is 0 Å². The third-order valence-corrected chi connectivity index (χ3v) is 4.20. The van der Waals surface area contributed by atoms with Gasteiger partial charge in [-0.3, -0.25) is 0 Å². The SMILES string of the molecule is CC(Cl)C1(Cc2cccc(F)c2Cl)CC1. The fourth-order valence-electron chi connectivity index (χ4n) is 1.94. The molecule has 0 saturated heterocycles. The van der Waals surface area contributed by atoms with Gasteiger partial charge in [-0.15, -0.1) is 11.6 Å². The lowest BCUT2D eigenvalue weighted by Crippen LogP contribution is -2.16. The van der Waals surface area contributed by atoms with Crippen LogP contribution in [-0.2, 0) is 6.42 Å². The summed E-state index contributed by atoms with van der Waals surface area (Å²) in [4.78, 5) is 0. The molecule has 0 N–H and O–H groups in total. The van der Waals surface area contributed by atoms with Crippen molar-refractivity contribution in [2.24, 2.45) is 5.41 Å². The molecule has 15 heavy (non-hydrogen) atoms. The second-order valence-corrected chi connectivity index (χ2v) is 5.40. The van der Waals surface area contributed by atoms with Gasteiger partial charge in [-0.05, 0) is 43.2 Å². The van der Waals surface area contributed by atoms with E-state index < -0.39 is 0 Å². The summed E-state index contributed by atoms with van der Waals surface area (Å²) in [5.74, 6) is -0.341. The second kappa shape index (κ2) is 3.95. The highest BCUT2D eigenvalue weighted by Gasteiger charge is 2.46. The van der Waals surface area contributed by atoms with Gasteiger partial charge in [0.1, 0.15) is 5.82 Å². The number of halogens is 3. The molecule has 1 aromatic carbocycles. The first kappa shape index (κ1) is 11.2. The van der Waals surface area contributed by atoms with Crippen LogP contribution in [0.1, 0.15) is 25.3 Å². The Hall–Kier alpha value is -0.270. The molecule has 0 aliphatic heterocycles.